The summed E-state index contributed by atoms with van der Waals surface area (Å²) in [4.78, 5) is 27.9. The summed E-state index contributed by atoms with van der Waals surface area (Å²) in [6.07, 6.45) is 0. The lowest BCUT2D eigenvalue weighted by Gasteiger charge is -2.25. The van der Waals surface area contributed by atoms with E-state index in [1.165, 1.54) is 17.0 Å². The van der Waals surface area contributed by atoms with Crippen LogP contribution in [0.5, 0.6) is 11.5 Å². The number of aliphatic hydroxyl groups is 1. The fourth-order valence-electron chi connectivity index (χ4n) is 4.32. The number of anilines is 1. The maximum Gasteiger partial charge on any atom is 0.300 e. The van der Waals surface area contributed by atoms with E-state index < -0.39 is 17.7 Å². The molecule has 0 bridgehead atoms. The molecule has 7 heteroatoms. The lowest BCUT2D eigenvalue weighted by atomic mass is 9.93. The van der Waals surface area contributed by atoms with Gasteiger partial charge in [-0.05, 0) is 72.5 Å². The van der Waals surface area contributed by atoms with Gasteiger partial charge >= 0.3 is 0 Å². The molecule has 35 heavy (non-hydrogen) atoms. The van der Waals surface area contributed by atoms with Gasteiger partial charge in [-0.1, -0.05) is 43.6 Å². The van der Waals surface area contributed by atoms with Crippen molar-refractivity contribution in [2.24, 2.45) is 0 Å². The third-order valence-electron chi connectivity index (χ3n) is 5.92. The number of rotatable bonds is 6. The van der Waals surface area contributed by atoms with E-state index in [1.807, 2.05) is 20.8 Å². The zero-order valence-electron chi connectivity index (χ0n) is 19.7. The number of ether oxygens (including phenoxy) is 1. The van der Waals surface area contributed by atoms with Crippen LogP contribution in [0.15, 0.2) is 72.3 Å². The lowest BCUT2D eigenvalue weighted by Crippen LogP contribution is -2.29. The molecular weight excluding hydrogens is 466 g/mol. The zero-order chi connectivity index (χ0) is 25.3. The maximum atomic E-state index is 13.3. The maximum absolute atomic E-state index is 13.3. The first kappa shape index (κ1) is 24.4. The standard InChI is InChI=1S/C28H26ClNO5/c1-4-35-23-12-11-18(14-22(23)16(2)3)26(32)24-25(17-7-5-10-21(31)13-17)30(28(34)27(24)33)20-9-6-8-19(29)15-20/h5-16,25,31-32H,4H2,1-3H3/b26-24-. The number of aliphatic hydroxyl groups excluding tert-OH is 1. The van der Waals surface area contributed by atoms with Crippen molar-refractivity contribution in [1.82, 2.24) is 0 Å². The average Bonchev–Trinajstić information content (AvgIpc) is 3.09. The van der Waals surface area contributed by atoms with Crippen molar-refractivity contribution in [3.05, 3.63) is 94.0 Å². The molecule has 2 N–H and O–H groups in total. The van der Waals surface area contributed by atoms with Crippen LogP contribution in [0, 0.1) is 0 Å². The number of hydrogen-bond acceptors (Lipinski definition) is 5. The summed E-state index contributed by atoms with van der Waals surface area (Å²) < 4.78 is 5.72. The summed E-state index contributed by atoms with van der Waals surface area (Å²) in [6, 6.07) is 17.1. The van der Waals surface area contributed by atoms with E-state index in [1.54, 1.807) is 54.6 Å². The summed E-state index contributed by atoms with van der Waals surface area (Å²) in [5.41, 5.74) is 2.07. The van der Waals surface area contributed by atoms with Gasteiger partial charge in [0.2, 0.25) is 0 Å². The van der Waals surface area contributed by atoms with Crippen LogP contribution in [-0.2, 0) is 9.59 Å². The quantitative estimate of drug-likeness (QED) is 0.244. The SMILES string of the molecule is CCOc1ccc(/C(O)=C2/C(=O)C(=O)N(c3cccc(Cl)c3)C2c2cccc(O)c2)cc1C(C)C. The molecule has 1 aliphatic rings. The molecule has 180 valence electrons. The Morgan fingerprint density at radius 3 is 2.46 bits per heavy atom. The van der Waals surface area contributed by atoms with E-state index in [0.29, 0.717) is 34.2 Å². The first-order valence-electron chi connectivity index (χ1n) is 11.4. The monoisotopic (exact) mass is 491 g/mol. The molecule has 0 spiro atoms. The third kappa shape index (κ3) is 4.62. The highest BCUT2D eigenvalue weighted by molar-refractivity contribution is 6.51. The van der Waals surface area contributed by atoms with Gasteiger partial charge in [0.05, 0.1) is 18.2 Å². The highest BCUT2D eigenvalue weighted by atomic mass is 35.5. The van der Waals surface area contributed by atoms with E-state index in [9.17, 15) is 19.8 Å². The lowest BCUT2D eigenvalue weighted by molar-refractivity contribution is -0.132. The second kappa shape index (κ2) is 9.84. The number of phenolic OH excluding ortho intramolecular Hbond substituents is 1. The molecule has 4 rings (SSSR count). The summed E-state index contributed by atoms with van der Waals surface area (Å²) in [7, 11) is 0. The van der Waals surface area contributed by atoms with E-state index in [0.717, 1.165) is 5.56 Å². The van der Waals surface area contributed by atoms with Crippen LogP contribution in [0.1, 0.15) is 49.4 Å². The second-order valence-electron chi connectivity index (χ2n) is 8.58. The number of amides is 1. The molecule has 1 saturated heterocycles. The molecule has 0 radical (unpaired) electrons. The van der Waals surface area contributed by atoms with Crippen molar-refractivity contribution in [2.75, 3.05) is 11.5 Å². The van der Waals surface area contributed by atoms with Gasteiger partial charge < -0.3 is 14.9 Å². The van der Waals surface area contributed by atoms with Crippen molar-refractivity contribution < 1.29 is 24.5 Å². The molecule has 3 aromatic rings. The number of benzene rings is 3. The molecule has 0 aliphatic carbocycles. The highest BCUT2D eigenvalue weighted by Crippen LogP contribution is 2.43. The number of phenols is 1. The van der Waals surface area contributed by atoms with Crippen LogP contribution in [0.2, 0.25) is 5.02 Å². The van der Waals surface area contributed by atoms with Gasteiger partial charge in [-0.3, -0.25) is 14.5 Å². The predicted octanol–water partition coefficient (Wildman–Crippen LogP) is 6.19. The van der Waals surface area contributed by atoms with Crippen LogP contribution in [-0.4, -0.2) is 28.5 Å². The topological polar surface area (TPSA) is 87.1 Å². The number of ketones is 1. The number of nitrogens with zero attached hydrogens (tertiary/aromatic N) is 1. The number of Topliss-reactive ketones (excluding diaryl/α,β-unsaturated/α-hetero) is 1. The molecule has 1 amide bonds. The third-order valence-corrected chi connectivity index (χ3v) is 6.16. The van der Waals surface area contributed by atoms with Gasteiger partial charge in [0.1, 0.15) is 17.3 Å². The minimum Gasteiger partial charge on any atom is -0.508 e. The number of hydrogen-bond donors (Lipinski definition) is 2. The van der Waals surface area contributed by atoms with E-state index in [2.05, 4.69) is 0 Å². The number of aromatic hydroxyl groups is 1. The smallest absolute Gasteiger partial charge is 0.300 e. The fraction of sp³-hybridized carbons (Fsp3) is 0.214. The Labute approximate surface area is 209 Å². The second-order valence-corrected chi connectivity index (χ2v) is 9.02. The molecule has 0 aromatic heterocycles. The van der Waals surface area contributed by atoms with Crippen LogP contribution in [0.25, 0.3) is 5.76 Å². The fourth-order valence-corrected chi connectivity index (χ4v) is 4.51. The molecule has 1 unspecified atom stereocenters. The number of carbonyl (C=O) groups is 2. The Kier molecular flexibility index (Phi) is 6.85. The van der Waals surface area contributed by atoms with E-state index >= 15 is 0 Å². The summed E-state index contributed by atoms with van der Waals surface area (Å²) in [5, 5.41) is 21.9. The molecule has 1 atom stereocenters. The van der Waals surface area contributed by atoms with Crippen molar-refractivity contribution in [3.8, 4) is 11.5 Å². The Hall–Kier alpha value is -3.77. The highest BCUT2D eigenvalue weighted by Gasteiger charge is 2.47. The molecule has 1 heterocycles. The summed E-state index contributed by atoms with van der Waals surface area (Å²) in [5.74, 6) is -1.15. The Bertz CT molecular complexity index is 1330. The van der Waals surface area contributed by atoms with Crippen molar-refractivity contribution in [2.45, 2.75) is 32.7 Å². The van der Waals surface area contributed by atoms with Crippen LogP contribution < -0.4 is 9.64 Å². The molecule has 6 nitrogen and oxygen atoms in total. The van der Waals surface area contributed by atoms with Gasteiger partial charge in [-0.2, -0.15) is 0 Å². The Morgan fingerprint density at radius 1 is 1.06 bits per heavy atom. The Morgan fingerprint density at radius 2 is 1.80 bits per heavy atom. The van der Waals surface area contributed by atoms with Crippen molar-refractivity contribution >= 4 is 34.7 Å². The summed E-state index contributed by atoms with van der Waals surface area (Å²) in [6.45, 7) is 6.40. The van der Waals surface area contributed by atoms with Crippen LogP contribution in [0.3, 0.4) is 0 Å². The average molecular weight is 492 g/mol. The van der Waals surface area contributed by atoms with Gasteiger partial charge in [0.25, 0.3) is 11.7 Å². The van der Waals surface area contributed by atoms with E-state index in [4.69, 9.17) is 16.3 Å². The van der Waals surface area contributed by atoms with Gasteiger partial charge in [0, 0.05) is 16.3 Å². The van der Waals surface area contributed by atoms with E-state index in [-0.39, 0.29) is 23.0 Å². The first-order valence-corrected chi connectivity index (χ1v) is 11.7. The minimum atomic E-state index is -0.963. The largest absolute Gasteiger partial charge is 0.508 e. The predicted molar refractivity (Wildman–Crippen MR) is 136 cm³/mol. The van der Waals surface area contributed by atoms with Gasteiger partial charge in [0.15, 0.2) is 0 Å². The van der Waals surface area contributed by atoms with Crippen molar-refractivity contribution in [1.29, 1.82) is 0 Å². The van der Waals surface area contributed by atoms with Gasteiger partial charge in [-0.15, -0.1) is 0 Å². The van der Waals surface area contributed by atoms with Crippen molar-refractivity contribution in [3.63, 3.8) is 0 Å². The summed E-state index contributed by atoms with van der Waals surface area (Å²) >= 11 is 6.17. The normalized spacial score (nSPS) is 17.3. The van der Waals surface area contributed by atoms with Crippen LogP contribution >= 0.6 is 11.6 Å². The number of halogens is 1. The molecule has 1 aliphatic heterocycles. The number of carbonyl (C=O) groups excluding carboxylic acids is 2. The Balaban J connectivity index is 1.94. The molecular formula is C28H26ClNO5. The van der Waals surface area contributed by atoms with Crippen LogP contribution in [0.4, 0.5) is 5.69 Å². The zero-order valence-corrected chi connectivity index (χ0v) is 20.4. The molecule has 1 fully saturated rings. The minimum absolute atomic E-state index is 0.0256. The van der Waals surface area contributed by atoms with Gasteiger partial charge in [-0.25, -0.2) is 0 Å². The first-order chi connectivity index (χ1) is 16.7. The molecule has 3 aromatic carbocycles. The molecule has 0 saturated carbocycles.